The molecule has 10 rings (SSSR count). The van der Waals surface area contributed by atoms with E-state index in [0.29, 0.717) is 0 Å². The van der Waals surface area contributed by atoms with E-state index in [9.17, 15) is 0 Å². The fourth-order valence-corrected chi connectivity index (χ4v) is 8.94. The first-order valence-corrected chi connectivity index (χ1v) is 16.8. The summed E-state index contributed by atoms with van der Waals surface area (Å²) >= 11 is 0. The molecule has 0 radical (unpaired) electrons. The van der Waals surface area contributed by atoms with Gasteiger partial charge in [0.1, 0.15) is 0 Å². The van der Waals surface area contributed by atoms with Gasteiger partial charge in [-0.2, -0.15) is 0 Å². The van der Waals surface area contributed by atoms with Gasteiger partial charge >= 0.3 is 0 Å². The van der Waals surface area contributed by atoms with E-state index < -0.39 is 0 Å². The van der Waals surface area contributed by atoms with Crippen molar-refractivity contribution in [1.29, 1.82) is 0 Å². The fourth-order valence-electron chi connectivity index (χ4n) is 8.94. The van der Waals surface area contributed by atoms with Crippen molar-refractivity contribution in [3.8, 4) is 11.1 Å². The van der Waals surface area contributed by atoms with Crippen LogP contribution in [0, 0.1) is 5.92 Å². The highest BCUT2D eigenvalue weighted by Gasteiger charge is 2.41. The topological polar surface area (TPSA) is 0 Å². The summed E-state index contributed by atoms with van der Waals surface area (Å²) in [4.78, 5) is 0. The molecule has 0 bridgehead atoms. The third kappa shape index (κ3) is 3.82. The molecule has 0 heteroatoms. The summed E-state index contributed by atoms with van der Waals surface area (Å²) in [6.07, 6.45) is 9.31. The standard InChI is InChI=1S/C47H34/c1-47(2)42-24-23-31-13-7-8-16-36(31)46(42)41-27-39-40(28-43(41)47)45(35-22-20-30-12-4-6-15-33(30)26-35)38-18-10-9-17-37(38)44(39)34-21-19-29-11-3-5-14-32(29)25-34/h3-28,38,45H,1-2H3. The van der Waals surface area contributed by atoms with Crippen LogP contribution >= 0.6 is 0 Å². The second-order valence-electron chi connectivity index (χ2n) is 14.1. The summed E-state index contributed by atoms with van der Waals surface area (Å²) in [6, 6.07) is 50.4. The van der Waals surface area contributed by atoms with Gasteiger partial charge in [0.15, 0.2) is 0 Å². The fraction of sp³-hybridized carbons (Fsp3) is 0.106. The summed E-state index contributed by atoms with van der Waals surface area (Å²) in [6.45, 7) is 4.84. The van der Waals surface area contributed by atoms with Gasteiger partial charge in [-0.1, -0.05) is 159 Å². The lowest BCUT2D eigenvalue weighted by Gasteiger charge is -2.38. The quantitative estimate of drug-likeness (QED) is 0.186. The zero-order valence-corrected chi connectivity index (χ0v) is 26.7. The highest BCUT2D eigenvalue weighted by atomic mass is 14.4. The van der Waals surface area contributed by atoms with Crippen molar-refractivity contribution in [3.63, 3.8) is 0 Å². The minimum Gasteiger partial charge on any atom is -0.0760 e. The molecule has 0 aliphatic heterocycles. The van der Waals surface area contributed by atoms with E-state index >= 15 is 0 Å². The molecule has 222 valence electrons. The van der Waals surface area contributed by atoms with Crippen LogP contribution in [0.25, 0.3) is 49.0 Å². The number of benzene rings is 7. The third-order valence-corrected chi connectivity index (χ3v) is 11.2. The predicted octanol–water partition coefficient (Wildman–Crippen LogP) is 12.1. The first kappa shape index (κ1) is 26.7. The lowest BCUT2D eigenvalue weighted by atomic mass is 9.65. The molecule has 0 nitrogen and oxygen atoms in total. The van der Waals surface area contributed by atoms with Crippen molar-refractivity contribution in [3.05, 3.63) is 197 Å². The van der Waals surface area contributed by atoms with E-state index in [0.717, 1.165) is 0 Å². The minimum atomic E-state index is -0.104. The van der Waals surface area contributed by atoms with Gasteiger partial charge in [-0.15, -0.1) is 0 Å². The summed E-state index contributed by atoms with van der Waals surface area (Å²) in [5.41, 5.74) is 13.8. The minimum absolute atomic E-state index is 0.104. The van der Waals surface area contributed by atoms with Crippen LogP contribution in [0.4, 0.5) is 0 Å². The van der Waals surface area contributed by atoms with Crippen LogP contribution in [0.15, 0.2) is 163 Å². The summed E-state index contributed by atoms with van der Waals surface area (Å²) < 4.78 is 0. The van der Waals surface area contributed by atoms with Crippen LogP contribution in [0.2, 0.25) is 0 Å². The van der Waals surface area contributed by atoms with Crippen LogP contribution in [0.3, 0.4) is 0 Å². The number of rotatable bonds is 2. The Bertz CT molecular complexity index is 2550. The Balaban J connectivity index is 1.31. The molecule has 7 aromatic rings. The number of allylic oxidation sites excluding steroid dienone is 5. The van der Waals surface area contributed by atoms with E-state index in [1.165, 1.54) is 88.0 Å². The van der Waals surface area contributed by atoms with E-state index in [1.807, 2.05) is 0 Å². The molecule has 0 aromatic heterocycles. The van der Waals surface area contributed by atoms with Gasteiger partial charge in [-0.05, 0) is 100 Å². The number of hydrogen-bond acceptors (Lipinski definition) is 0. The number of fused-ring (bicyclic) bond motifs is 9. The molecule has 0 saturated heterocycles. The van der Waals surface area contributed by atoms with Gasteiger partial charge < -0.3 is 0 Å². The van der Waals surface area contributed by atoms with Crippen LogP contribution in [-0.4, -0.2) is 0 Å². The highest BCUT2D eigenvalue weighted by molar-refractivity contribution is 6.04. The molecule has 0 saturated carbocycles. The lowest BCUT2D eigenvalue weighted by molar-refractivity contribution is 0.635. The van der Waals surface area contributed by atoms with Gasteiger partial charge in [-0.3, -0.25) is 0 Å². The van der Waals surface area contributed by atoms with Crippen LogP contribution in [0.1, 0.15) is 53.1 Å². The maximum absolute atomic E-state index is 2.60. The Kier molecular flexibility index (Phi) is 5.56. The molecule has 0 heterocycles. The SMILES string of the molecule is CC1(C)c2cc3c(cc2-c2c1ccc1ccccc21)C(c1ccc2ccccc2c1)=C1C=CC=CC1C3c1ccc2ccccc2c1. The molecule has 3 aliphatic carbocycles. The first-order valence-electron chi connectivity index (χ1n) is 16.8. The molecule has 0 fully saturated rings. The average molecular weight is 599 g/mol. The van der Waals surface area contributed by atoms with Crippen LogP contribution < -0.4 is 0 Å². The van der Waals surface area contributed by atoms with Crippen molar-refractivity contribution in [2.45, 2.75) is 25.2 Å². The van der Waals surface area contributed by atoms with Crippen molar-refractivity contribution in [2.75, 3.05) is 0 Å². The molecule has 0 spiro atoms. The van der Waals surface area contributed by atoms with Gasteiger partial charge in [0, 0.05) is 17.3 Å². The zero-order valence-electron chi connectivity index (χ0n) is 26.7. The molecular weight excluding hydrogens is 565 g/mol. The maximum atomic E-state index is 2.60. The Morgan fingerprint density at radius 2 is 1.21 bits per heavy atom. The van der Waals surface area contributed by atoms with E-state index in [4.69, 9.17) is 0 Å². The smallest absolute Gasteiger partial charge is 0.0200 e. The average Bonchev–Trinajstić information content (AvgIpc) is 3.34. The van der Waals surface area contributed by atoms with Crippen molar-refractivity contribution in [1.82, 2.24) is 0 Å². The Hall–Kier alpha value is -5.46. The van der Waals surface area contributed by atoms with Crippen molar-refractivity contribution >= 4 is 37.9 Å². The first-order chi connectivity index (χ1) is 23.1. The number of hydrogen-bond donors (Lipinski definition) is 0. The summed E-state index contributed by atoms with van der Waals surface area (Å²) in [5, 5.41) is 7.79. The normalized spacial score (nSPS) is 18.8. The van der Waals surface area contributed by atoms with Crippen LogP contribution in [-0.2, 0) is 5.41 Å². The second-order valence-corrected chi connectivity index (χ2v) is 14.1. The Labute approximate surface area is 276 Å². The Morgan fingerprint density at radius 1 is 0.532 bits per heavy atom. The predicted molar refractivity (Wildman–Crippen MR) is 199 cm³/mol. The monoisotopic (exact) mass is 598 g/mol. The van der Waals surface area contributed by atoms with Crippen molar-refractivity contribution < 1.29 is 0 Å². The lowest BCUT2D eigenvalue weighted by Crippen LogP contribution is -2.24. The molecule has 7 aromatic carbocycles. The molecule has 2 unspecified atom stereocenters. The summed E-state index contributed by atoms with van der Waals surface area (Å²) in [7, 11) is 0. The Morgan fingerprint density at radius 3 is 2.02 bits per heavy atom. The van der Waals surface area contributed by atoms with Crippen molar-refractivity contribution in [2.24, 2.45) is 5.92 Å². The van der Waals surface area contributed by atoms with E-state index in [-0.39, 0.29) is 17.3 Å². The largest absolute Gasteiger partial charge is 0.0760 e. The molecule has 47 heavy (non-hydrogen) atoms. The van der Waals surface area contributed by atoms with E-state index in [2.05, 4.69) is 172 Å². The molecule has 3 aliphatic rings. The second kappa shape index (κ2) is 9.77. The molecule has 0 N–H and O–H groups in total. The molecule has 0 amide bonds. The third-order valence-electron chi connectivity index (χ3n) is 11.2. The van der Waals surface area contributed by atoms with Gasteiger partial charge in [0.05, 0.1) is 0 Å². The van der Waals surface area contributed by atoms with Gasteiger partial charge in [0.25, 0.3) is 0 Å². The highest BCUT2D eigenvalue weighted by Crippen LogP contribution is 2.57. The molecular formula is C47H34. The van der Waals surface area contributed by atoms with Gasteiger partial charge in [-0.25, -0.2) is 0 Å². The maximum Gasteiger partial charge on any atom is 0.0200 e. The molecule has 2 atom stereocenters. The summed E-state index contributed by atoms with van der Waals surface area (Å²) in [5.74, 6) is 0.442. The zero-order chi connectivity index (χ0) is 31.3. The van der Waals surface area contributed by atoms with Gasteiger partial charge in [0.2, 0.25) is 0 Å². The van der Waals surface area contributed by atoms with E-state index in [1.54, 1.807) is 0 Å². The van der Waals surface area contributed by atoms with Crippen LogP contribution in [0.5, 0.6) is 0 Å².